The molecule has 80 valence electrons. The Morgan fingerprint density at radius 3 is 2.87 bits per heavy atom. The standard InChI is InChI=1S/C10H11ClN2O2/c1-12-5-4-10-13-6-8(15-10)7-2-3-9(11)14-7/h2-3,6,12H,4-5H2,1H3. The first kappa shape index (κ1) is 10.3. The van der Waals surface area contributed by atoms with Crippen LogP contribution in [0.4, 0.5) is 0 Å². The number of hydrogen-bond donors (Lipinski definition) is 1. The number of oxazole rings is 1. The van der Waals surface area contributed by atoms with E-state index in [4.69, 9.17) is 20.4 Å². The first-order valence-electron chi connectivity index (χ1n) is 4.64. The Labute approximate surface area is 92.2 Å². The van der Waals surface area contributed by atoms with Gasteiger partial charge in [-0.05, 0) is 30.8 Å². The Balaban J connectivity index is 2.13. The lowest BCUT2D eigenvalue weighted by atomic mass is 10.4. The highest BCUT2D eigenvalue weighted by Crippen LogP contribution is 2.25. The molecule has 0 spiro atoms. The molecule has 15 heavy (non-hydrogen) atoms. The van der Waals surface area contributed by atoms with E-state index in [0.29, 0.717) is 22.6 Å². The van der Waals surface area contributed by atoms with Crippen LogP contribution in [0.1, 0.15) is 5.89 Å². The Morgan fingerprint density at radius 1 is 1.33 bits per heavy atom. The molecule has 0 atom stereocenters. The molecule has 0 aliphatic carbocycles. The summed E-state index contributed by atoms with van der Waals surface area (Å²) in [6, 6.07) is 3.43. The van der Waals surface area contributed by atoms with Crippen LogP contribution in [0.5, 0.6) is 0 Å². The van der Waals surface area contributed by atoms with Gasteiger partial charge in [0.15, 0.2) is 22.6 Å². The first-order chi connectivity index (χ1) is 7.29. The van der Waals surface area contributed by atoms with E-state index in [1.807, 2.05) is 7.05 Å². The molecule has 0 aliphatic heterocycles. The third kappa shape index (κ3) is 2.40. The van der Waals surface area contributed by atoms with Crippen molar-refractivity contribution in [3.8, 4) is 11.5 Å². The average Bonchev–Trinajstić information content (AvgIpc) is 2.83. The van der Waals surface area contributed by atoms with Crippen LogP contribution in [-0.2, 0) is 6.42 Å². The average molecular weight is 227 g/mol. The highest BCUT2D eigenvalue weighted by molar-refractivity contribution is 6.28. The highest BCUT2D eigenvalue weighted by Gasteiger charge is 2.09. The summed E-state index contributed by atoms with van der Waals surface area (Å²) in [5, 5.41) is 3.37. The SMILES string of the molecule is CNCCc1ncc(-c2ccc(Cl)o2)o1. The normalized spacial score (nSPS) is 10.8. The Hall–Kier alpha value is -1.26. The molecule has 0 radical (unpaired) electrons. The van der Waals surface area contributed by atoms with Gasteiger partial charge in [0.25, 0.3) is 0 Å². The van der Waals surface area contributed by atoms with Crippen molar-refractivity contribution in [3.63, 3.8) is 0 Å². The number of furan rings is 1. The summed E-state index contributed by atoms with van der Waals surface area (Å²) in [5.74, 6) is 1.89. The van der Waals surface area contributed by atoms with Gasteiger partial charge in [0.2, 0.25) is 0 Å². The number of aromatic nitrogens is 1. The molecule has 0 aliphatic rings. The second-order valence-electron chi connectivity index (χ2n) is 3.08. The zero-order valence-corrected chi connectivity index (χ0v) is 9.04. The van der Waals surface area contributed by atoms with Crippen molar-refractivity contribution >= 4 is 11.6 Å². The van der Waals surface area contributed by atoms with Crippen molar-refractivity contribution in [2.75, 3.05) is 13.6 Å². The second kappa shape index (κ2) is 4.51. The molecule has 1 N–H and O–H groups in total. The molecule has 0 bridgehead atoms. The van der Waals surface area contributed by atoms with Gasteiger partial charge in [-0.3, -0.25) is 0 Å². The predicted molar refractivity (Wildman–Crippen MR) is 56.8 cm³/mol. The van der Waals surface area contributed by atoms with Gasteiger partial charge < -0.3 is 14.2 Å². The summed E-state index contributed by atoms with van der Waals surface area (Å²) in [7, 11) is 1.89. The topological polar surface area (TPSA) is 51.2 Å². The van der Waals surface area contributed by atoms with Gasteiger partial charge in [-0.2, -0.15) is 0 Å². The third-order valence-electron chi connectivity index (χ3n) is 1.96. The number of nitrogens with one attached hydrogen (secondary N) is 1. The summed E-state index contributed by atoms with van der Waals surface area (Å²) in [6.45, 7) is 0.832. The molecule has 5 heteroatoms. The number of rotatable bonds is 4. The van der Waals surface area contributed by atoms with Crippen LogP contribution < -0.4 is 5.32 Å². The molecule has 0 fully saturated rings. The van der Waals surface area contributed by atoms with Gasteiger partial charge >= 0.3 is 0 Å². The lowest BCUT2D eigenvalue weighted by Crippen LogP contribution is -2.10. The fourth-order valence-electron chi connectivity index (χ4n) is 1.22. The zero-order chi connectivity index (χ0) is 10.7. The maximum Gasteiger partial charge on any atom is 0.196 e. The van der Waals surface area contributed by atoms with Crippen LogP contribution in [0.3, 0.4) is 0 Å². The minimum Gasteiger partial charge on any atom is -0.441 e. The van der Waals surface area contributed by atoms with Gasteiger partial charge in [-0.25, -0.2) is 4.98 Å². The van der Waals surface area contributed by atoms with E-state index in [0.717, 1.165) is 13.0 Å². The van der Waals surface area contributed by atoms with Crippen molar-refractivity contribution in [2.24, 2.45) is 0 Å². The number of likely N-dealkylation sites (N-methyl/N-ethyl adjacent to an activating group) is 1. The van der Waals surface area contributed by atoms with Crippen molar-refractivity contribution in [2.45, 2.75) is 6.42 Å². The monoisotopic (exact) mass is 226 g/mol. The minimum atomic E-state index is 0.346. The van der Waals surface area contributed by atoms with Crippen LogP contribution in [0.15, 0.2) is 27.2 Å². The molecule has 0 saturated heterocycles. The third-order valence-corrected chi connectivity index (χ3v) is 2.16. The van der Waals surface area contributed by atoms with Crippen LogP contribution in [0.2, 0.25) is 5.22 Å². The molecule has 0 aromatic carbocycles. The molecule has 2 aromatic heterocycles. The molecule has 2 heterocycles. The minimum absolute atomic E-state index is 0.346. The second-order valence-corrected chi connectivity index (χ2v) is 3.45. The molecule has 2 aromatic rings. The highest BCUT2D eigenvalue weighted by atomic mass is 35.5. The predicted octanol–water partition coefficient (Wildman–Crippen LogP) is 2.35. The molecule has 0 unspecified atom stereocenters. The summed E-state index contributed by atoms with van der Waals surface area (Å²) in [5.41, 5.74) is 0. The molecule has 2 rings (SSSR count). The molecule has 0 saturated carbocycles. The summed E-state index contributed by atoms with van der Waals surface area (Å²) in [4.78, 5) is 4.13. The number of hydrogen-bond acceptors (Lipinski definition) is 4. The first-order valence-corrected chi connectivity index (χ1v) is 5.02. The molecule has 4 nitrogen and oxygen atoms in total. The summed E-state index contributed by atoms with van der Waals surface area (Å²) < 4.78 is 10.7. The zero-order valence-electron chi connectivity index (χ0n) is 8.29. The van der Waals surface area contributed by atoms with E-state index in [1.165, 1.54) is 0 Å². The number of halogens is 1. The van der Waals surface area contributed by atoms with Crippen LogP contribution >= 0.6 is 11.6 Å². The fourth-order valence-corrected chi connectivity index (χ4v) is 1.36. The van der Waals surface area contributed by atoms with Gasteiger partial charge in [0.1, 0.15) is 0 Å². The van der Waals surface area contributed by atoms with Crippen LogP contribution in [0.25, 0.3) is 11.5 Å². The van der Waals surface area contributed by atoms with Crippen molar-refractivity contribution in [1.29, 1.82) is 0 Å². The van der Waals surface area contributed by atoms with Gasteiger partial charge in [0, 0.05) is 13.0 Å². The number of nitrogens with zero attached hydrogens (tertiary/aromatic N) is 1. The van der Waals surface area contributed by atoms with Crippen LogP contribution in [0, 0.1) is 0 Å². The van der Waals surface area contributed by atoms with Crippen LogP contribution in [-0.4, -0.2) is 18.6 Å². The maximum absolute atomic E-state index is 5.66. The molecule has 0 amide bonds. The van der Waals surface area contributed by atoms with E-state index in [9.17, 15) is 0 Å². The van der Waals surface area contributed by atoms with E-state index >= 15 is 0 Å². The van der Waals surface area contributed by atoms with E-state index in [2.05, 4.69) is 10.3 Å². The van der Waals surface area contributed by atoms with Crippen molar-refractivity contribution in [3.05, 3.63) is 29.4 Å². The molecular weight excluding hydrogens is 216 g/mol. The van der Waals surface area contributed by atoms with E-state index in [1.54, 1.807) is 18.3 Å². The summed E-state index contributed by atoms with van der Waals surface area (Å²) in [6.07, 6.45) is 2.39. The fraction of sp³-hybridized carbons (Fsp3) is 0.300. The lowest BCUT2D eigenvalue weighted by Gasteiger charge is -1.93. The van der Waals surface area contributed by atoms with Crippen molar-refractivity contribution in [1.82, 2.24) is 10.3 Å². The largest absolute Gasteiger partial charge is 0.441 e. The van der Waals surface area contributed by atoms with Gasteiger partial charge in [-0.1, -0.05) is 0 Å². The molecular formula is C10H11ClN2O2. The van der Waals surface area contributed by atoms with Crippen molar-refractivity contribution < 1.29 is 8.83 Å². The Kier molecular flexibility index (Phi) is 3.08. The van der Waals surface area contributed by atoms with E-state index < -0.39 is 0 Å². The Bertz CT molecular complexity index is 436. The quantitative estimate of drug-likeness (QED) is 0.870. The maximum atomic E-state index is 5.66. The van der Waals surface area contributed by atoms with E-state index in [-0.39, 0.29) is 0 Å². The summed E-state index contributed by atoms with van der Waals surface area (Å²) >= 11 is 5.66. The van der Waals surface area contributed by atoms with Gasteiger partial charge in [0.05, 0.1) is 6.20 Å². The lowest BCUT2D eigenvalue weighted by molar-refractivity contribution is 0.478. The Morgan fingerprint density at radius 2 is 2.20 bits per heavy atom. The van der Waals surface area contributed by atoms with Gasteiger partial charge in [-0.15, -0.1) is 0 Å². The smallest absolute Gasteiger partial charge is 0.196 e.